The van der Waals surface area contributed by atoms with Gasteiger partial charge in [0, 0.05) is 25.2 Å². The van der Waals surface area contributed by atoms with E-state index in [0.717, 1.165) is 6.54 Å². The molecule has 0 amide bonds. The number of sulfonamides is 1. The number of benzene rings is 1. The normalized spacial score (nSPS) is 32.0. The molecular weight excluding hydrogens is 319 g/mol. The minimum Gasteiger partial charge on any atom is -0.375 e. The molecule has 0 aromatic heterocycles. The summed E-state index contributed by atoms with van der Waals surface area (Å²) in [7, 11) is -3.83. The molecule has 7 heteroatoms. The maximum absolute atomic E-state index is 13.8. The first-order chi connectivity index (χ1) is 11.0. The average molecular weight is 340 g/mol. The van der Waals surface area contributed by atoms with Crippen molar-refractivity contribution in [2.45, 2.75) is 42.3 Å². The smallest absolute Gasteiger partial charge is 0.243 e. The van der Waals surface area contributed by atoms with Gasteiger partial charge in [0.15, 0.2) is 0 Å². The molecule has 0 unspecified atom stereocenters. The van der Waals surface area contributed by atoms with Gasteiger partial charge < -0.3 is 4.74 Å². The van der Waals surface area contributed by atoms with Crippen molar-refractivity contribution in [3.63, 3.8) is 0 Å². The molecule has 1 saturated carbocycles. The number of fused-ring (bicyclic) bond motifs is 1. The first kappa shape index (κ1) is 15.5. The lowest BCUT2D eigenvalue weighted by atomic mass is 10.1. The Kier molecular flexibility index (Phi) is 3.91. The van der Waals surface area contributed by atoms with Crippen molar-refractivity contribution < 1.29 is 17.5 Å². The number of nitrogens with one attached hydrogen (secondary N) is 1. The van der Waals surface area contributed by atoms with Gasteiger partial charge in [-0.05, 0) is 37.3 Å². The van der Waals surface area contributed by atoms with Crippen molar-refractivity contribution in [3.8, 4) is 0 Å². The second-order valence-corrected chi connectivity index (χ2v) is 8.48. The van der Waals surface area contributed by atoms with Gasteiger partial charge in [0.25, 0.3) is 0 Å². The summed E-state index contributed by atoms with van der Waals surface area (Å²) in [5.41, 5.74) is 0. The van der Waals surface area contributed by atoms with E-state index in [9.17, 15) is 12.8 Å². The van der Waals surface area contributed by atoms with Gasteiger partial charge in [-0.2, -0.15) is 0 Å². The zero-order valence-electron chi connectivity index (χ0n) is 12.8. The Hall–Kier alpha value is -1.02. The van der Waals surface area contributed by atoms with Crippen molar-refractivity contribution in [2.75, 3.05) is 19.7 Å². The number of nitrogens with zero attached hydrogens (tertiary/aromatic N) is 1. The van der Waals surface area contributed by atoms with E-state index in [2.05, 4.69) is 9.62 Å². The number of halogens is 1. The zero-order chi connectivity index (χ0) is 16.0. The second-order valence-electron chi connectivity index (χ2n) is 6.80. The van der Waals surface area contributed by atoms with Crippen LogP contribution < -0.4 is 4.72 Å². The van der Waals surface area contributed by atoms with Crippen LogP contribution in [0.3, 0.4) is 0 Å². The lowest BCUT2D eigenvalue weighted by molar-refractivity contribution is -0.0581. The van der Waals surface area contributed by atoms with Crippen molar-refractivity contribution >= 4 is 10.0 Å². The molecule has 5 nitrogen and oxygen atoms in total. The highest BCUT2D eigenvalue weighted by Gasteiger charge is 2.43. The van der Waals surface area contributed by atoms with Crippen molar-refractivity contribution in [1.82, 2.24) is 9.62 Å². The average Bonchev–Trinajstić information content (AvgIpc) is 3.27. The molecule has 1 aromatic rings. The zero-order valence-corrected chi connectivity index (χ0v) is 13.6. The Bertz CT molecular complexity index is 692. The molecule has 3 fully saturated rings. The molecule has 126 valence electrons. The van der Waals surface area contributed by atoms with E-state index in [1.165, 1.54) is 37.1 Å². The minimum atomic E-state index is -3.83. The summed E-state index contributed by atoms with van der Waals surface area (Å²) in [4.78, 5) is 2.04. The van der Waals surface area contributed by atoms with Crippen LogP contribution in [0.1, 0.15) is 19.3 Å². The maximum atomic E-state index is 13.8. The van der Waals surface area contributed by atoms with Crippen molar-refractivity contribution in [1.29, 1.82) is 0 Å². The van der Waals surface area contributed by atoms with Gasteiger partial charge in [-0.1, -0.05) is 12.1 Å². The highest BCUT2D eigenvalue weighted by atomic mass is 32.2. The fourth-order valence-corrected chi connectivity index (χ4v) is 5.00. The molecule has 4 rings (SSSR count). The first-order valence-electron chi connectivity index (χ1n) is 8.15. The third-order valence-electron chi connectivity index (χ3n) is 5.04. The molecule has 1 aromatic carbocycles. The van der Waals surface area contributed by atoms with Crippen LogP contribution in [-0.4, -0.2) is 51.2 Å². The van der Waals surface area contributed by atoms with Gasteiger partial charge in [0.1, 0.15) is 10.7 Å². The first-order valence-corrected chi connectivity index (χ1v) is 9.64. The summed E-state index contributed by atoms with van der Waals surface area (Å²) in [5, 5.41) is 0. The third-order valence-corrected chi connectivity index (χ3v) is 6.59. The van der Waals surface area contributed by atoms with Gasteiger partial charge in [0.05, 0.1) is 12.7 Å². The van der Waals surface area contributed by atoms with Gasteiger partial charge >= 0.3 is 0 Å². The highest BCUT2D eigenvalue weighted by Crippen LogP contribution is 2.38. The Morgan fingerprint density at radius 1 is 1.22 bits per heavy atom. The second kappa shape index (κ2) is 5.81. The predicted molar refractivity (Wildman–Crippen MR) is 83.0 cm³/mol. The molecule has 2 aliphatic heterocycles. The van der Waals surface area contributed by atoms with E-state index >= 15 is 0 Å². The number of ether oxygens (including phenoxy) is 1. The quantitative estimate of drug-likeness (QED) is 0.899. The Labute approximate surface area is 135 Å². The summed E-state index contributed by atoms with van der Waals surface area (Å²) in [6.07, 6.45) is 3.50. The number of hydrogen-bond donors (Lipinski definition) is 1. The summed E-state index contributed by atoms with van der Waals surface area (Å²) < 4.78 is 47.1. The summed E-state index contributed by atoms with van der Waals surface area (Å²) in [6.45, 7) is 2.22. The van der Waals surface area contributed by atoms with Gasteiger partial charge in [-0.25, -0.2) is 17.5 Å². The number of morpholine rings is 1. The van der Waals surface area contributed by atoms with Crippen molar-refractivity contribution in [2.24, 2.45) is 5.92 Å². The Morgan fingerprint density at radius 3 is 2.74 bits per heavy atom. The summed E-state index contributed by atoms with van der Waals surface area (Å²) in [6, 6.07) is 5.56. The highest BCUT2D eigenvalue weighted by molar-refractivity contribution is 7.89. The lowest BCUT2D eigenvalue weighted by Gasteiger charge is -2.35. The SMILES string of the molecule is O=S(=O)(N[C@H]1C[C@H]2CO[C@@H](C3CC3)CN2C1)c1ccccc1F. The van der Waals surface area contributed by atoms with Crippen LogP contribution in [0.2, 0.25) is 0 Å². The number of rotatable bonds is 4. The Morgan fingerprint density at radius 2 is 2.00 bits per heavy atom. The molecule has 1 aliphatic carbocycles. The van der Waals surface area contributed by atoms with E-state index in [-0.39, 0.29) is 17.0 Å². The summed E-state index contributed by atoms with van der Waals surface area (Å²) >= 11 is 0. The summed E-state index contributed by atoms with van der Waals surface area (Å²) in [5.74, 6) is -0.0297. The maximum Gasteiger partial charge on any atom is 0.243 e. The van der Waals surface area contributed by atoms with Crippen LogP contribution in [0.15, 0.2) is 29.2 Å². The van der Waals surface area contributed by atoms with Crippen LogP contribution in [0.4, 0.5) is 4.39 Å². The Balaban J connectivity index is 1.43. The topological polar surface area (TPSA) is 58.6 Å². The number of hydrogen-bond acceptors (Lipinski definition) is 4. The molecule has 3 aliphatic rings. The van der Waals surface area contributed by atoms with Crippen LogP contribution in [-0.2, 0) is 14.8 Å². The van der Waals surface area contributed by atoms with Crippen LogP contribution in [0.25, 0.3) is 0 Å². The monoisotopic (exact) mass is 340 g/mol. The third kappa shape index (κ3) is 3.15. The van der Waals surface area contributed by atoms with E-state index < -0.39 is 15.8 Å². The van der Waals surface area contributed by atoms with Crippen molar-refractivity contribution in [3.05, 3.63) is 30.1 Å². The lowest BCUT2D eigenvalue weighted by Crippen LogP contribution is -2.47. The molecule has 2 heterocycles. The van der Waals surface area contributed by atoms with Gasteiger partial charge in [-0.15, -0.1) is 0 Å². The molecule has 23 heavy (non-hydrogen) atoms. The molecule has 2 saturated heterocycles. The molecular formula is C16H21FN2O3S. The predicted octanol–water partition coefficient (Wildman–Crippen LogP) is 1.36. The molecule has 0 spiro atoms. The standard InChI is InChI=1S/C16H21FN2O3S/c17-14-3-1-2-4-16(14)23(20,21)18-12-7-13-10-22-15(11-5-6-11)9-19(13)8-12/h1-4,11-13,15,18H,5-10H2/t12-,13-,15+/m0/s1. The molecule has 0 bridgehead atoms. The van der Waals surface area contributed by atoms with Crippen LogP contribution >= 0.6 is 0 Å². The van der Waals surface area contributed by atoms with E-state index in [0.29, 0.717) is 31.6 Å². The van der Waals surface area contributed by atoms with Crippen LogP contribution in [0.5, 0.6) is 0 Å². The van der Waals surface area contributed by atoms with Crippen LogP contribution in [0, 0.1) is 11.7 Å². The molecule has 3 atom stereocenters. The fraction of sp³-hybridized carbons (Fsp3) is 0.625. The van der Waals surface area contributed by atoms with Gasteiger partial charge in [-0.3, -0.25) is 4.90 Å². The van der Waals surface area contributed by atoms with E-state index in [1.807, 2.05) is 0 Å². The molecule has 1 N–H and O–H groups in total. The largest absolute Gasteiger partial charge is 0.375 e. The van der Waals surface area contributed by atoms with Gasteiger partial charge in [0.2, 0.25) is 10.0 Å². The van der Waals surface area contributed by atoms with E-state index in [1.54, 1.807) is 0 Å². The van der Waals surface area contributed by atoms with E-state index in [4.69, 9.17) is 4.74 Å². The minimum absolute atomic E-state index is 0.189. The molecule has 0 radical (unpaired) electrons. The fourth-order valence-electron chi connectivity index (χ4n) is 3.68.